The Morgan fingerprint density at radius 1 is 1.16 bits per heavy atom. The molecule has 104 valence electrons. The topological polar surface area (TPSA) is 29.1 Å². The SMILES string of the molecule is Cc1ccc(CC(=O)NC2CCC(C)CC2)cc1C. The Bertz CT molecular complexity index is 445. The number of carbonyl (C=O) groups excluding carboxylic acids is 1. The number of benzene rings is 1. The molecule has 0 heterocycles. The van der Waals surface area contributed by atoms with Gasteiger partial charge in [0, 0.05) is 6.04 Å². The van der Waals surface area contributed by atoms with Crippen molar-refractivity contribution in [1.29, 1.82) is 0 Å². The van der Waals surface area contributed by atoms with Gasteiger partial charge in [0.25, 0.3) is 0 Å². The molecule has 2 rings (SSSR count). The number of carbonyl (C=O) groups is 1. The maximum atomic E-state index is 12.0. The highest BCUT2D eigenvalue weighted by molar-refractivity contribution is 5.78. The molecule has 0 atom stereocenters. The average molecular weight is 259 g/mol. The third-order valence-electron chi connectivity index (χ3n) is 4.32. The van der Waals surface area contributed by atoms with Gasteiger partial charge in [-0.2, -0.15) is 0 Å². The second-order valence-corrected chi connectivity index (χ2v) is 6.12. The highest BCUT2D eigenvalue weighted by Gasteiger charge is 2.19. The fourth-order valence-electron chi connectivity index (χ4n) is 2.78. The van der Waals surface area contributed by atoms with Crippen LogP contribution in [0.2, 0.25) is 0 Å². The number of aryl methyl sites for hydroxylation is 2. The zero-order valence-electron chi connectivity index (χ0n) is 12.3. The zero-order chi connectivity index (χ0) is 13.8. The molecule has 1 fully saturated rings. The van der Waals surface area contributed by atoms with Gasteiger partial charge in [-0.15, -0.1) is 0 Å². The van der Waals surface area contributed by atoms with E-state index in [0.717, 1.165) is 24.3 Å². The minimum absolute atomic E-state index is 0.169. The molecule has 2 heteroatoms. The highest BCUT2D eigenvalue weighted by atomic mass is 16.1. The summed E-state index contributed by atoms with van der Waals surface area (Å²) in [5.74, 6) is 0.996. The van der Waals surface area contributed by atoms with Crippen molar-refractivity contribution in [1.82, 2.24) is 5.32 Å². The van der Waals surface area contributed by atoms with Crippen molar-refractivity contribution < 1.29 is 4.79 Å². The van der Waals surface area contributed by atoms with Crippen LogP contribution < -0.4 is 5.32 Å². The smallest absolute Gasteiger partial charge is 0.224 e. The second kappa shape index (κ2) is 6.23. The van der Waals surface area contributed by atoms with Crippen LogP contribution in [-0.4, -0.2) is 11.9 Å². The van der Waals surface area contributed by atoms with Gasteiger partial charge >= 0.3 is 0 Å². The Morgan fingerprint density at radius 3 is 2.47 bits per heavy atom. The van der Waals surface area contributed by atoms with Crippen molar-refractivity contribution in [3.8, 4) is 0 Å². The van der Waals surface area contributed by atoms with Crippen LogP contribution in [-0.2, 0) is 11.2 Å². The molecule has 1 aliphatic carbocycles. The number of amides is 1. The van der Waals surface area contributed by atoms with Crippen molar-refractivity contribution in [3.63, 3.8) is 0 Å². The molecule has 0 bridgehead atoms. The second-order valence-electron chi connectivity index (χ2n) is 6.12. The molecular weight excluding hydrogens is 234 g/mol. The lowest BCUT2D eigenvalue weighted by Crippen LogP contribution is -2.38. The van der Waals surface area contributed by atoms with E-state index in [4.69, 9.17) is 0 Å². The summed E-state index contributed by atoms with van der Waals surface area (Å²) >= 11 is 0. The molecule has 0 unspecified atom stereocenters. The lowest BCUT2D eigenvalue weighted by Gasteiger charge is -2.26. The molecule has 1 aliphatic rings. The summed E-state index contributed by atoms with van der Waals surface area (Å²) in [6, 6.07) is 6.68. The normalized spacial score (nSPS) is 23.1. The minimum atomic E-state index is 0.169. The van der Waals surface area contributed by atoms with Crippen LogP contribution in [0, 0.1) is 19.8 Å². The van der Waals surface area contributed by atoms with E-state index in [2.05, 4.69) is 44.3 Å². The van der Waals surface area contributed by atoms with Crippen molar-refractivity contribution >= 4 is 5.91 Å². The molecule has 1 N–H and O–H groups in total. The molecule has 0 aromatic heterocycles. The monoisotopic (exact) mass is 259 g/mol. The van der Waals surface area contributed by atoms with Crippen LogP contribution in [0.4, 0.5) is 0 Å². The van der Waals surface area contributed by atoms with Gasteiger partial charge in [-0.3, -0.25) is 4.79 Å². The van der Waals surface area contributed by atoms with Gasteiger partial charge in [0.15, 0.2) is 0 Å². The van der Waals surface area contributed by atoms with Gasteiger partial charge in [0.05, 0.1) is 6.42 Å². The minimum Gasteiger partial charge on any atom is -0.353 e. The van der Waals surface area contributed by atoms with Crippen LogP contribution in [0.1, 0.15) is 49.3 Å². The van der Waals surface area contributed by atoms with E-state index in [-0.39, 0.29) is 5.91 Å². The van der Waals surface area contributed by atoms with Gasteiger partial charge < -0.3 is 5.32 Å². The van der Waals surface area contributed by atoms with Gasteiger partial charge in [-0.05, 0) is 62.1 Å². The molecule has 1 aromatic carbocycles. The molecule has 1 aromatic rings. The third-order valence-corrected chi connectivity index (χ3v) is 4.32. The molecule has 0 spiro atoms. The van der Waals surface area contributed by atoms with E-state index in [0.29, 0.717) is 12.5 Å². The summed E-state index contributed by atoms with van der Waals surface area (Å²) in [4.78, 5) is 12.0. The fourth-order valence-corrected chi connectivity index (χ4v) is 2.78. The van der Waals surface area contributed by atoms with E-state index in [1.165, 1.54) is 24.0 Å². The first-order valence-electron chi connectivity index (χ1n) is 7.40. The summed E-state index contributed by atoms with van der Waals surface area (Å²) in [5.41, 5.74) is 3.66. The maximum Gasteiger partial charge on any atom is 0.224 e. The van der Waals surface area contributed by atoms with E-state index in [1.807, 2.05) is 0 Å². The Hall–Kier alpha value is -1.31. The quantitative estimate of drug-likeness (QED) is 0.884. The first-order chi connectivity index (χ1) is 9.04. The summed E-state index contributed by atoms with van der Waals surface area (Å²) in [5, 5.41) is 3.18. The van der Waals surface area contributed by atoms with Gasteiger partial charge in [0.1, 0.15) is 0 Å². The Balaban J connectivity index is 1.85. The lowest BCUT2D eigenvalue weighted by molar-refractivity contribution is -0.121. The Labute approximate surface area is 116 Å². The largest absolute Gasteiger partial charge is 0.353 e. The van der Waals surface area contributed by atoms with E-state index in [9.17, 15) is 4.79 Å². The maximum absolute atomic E-state index is 12.0. The summed E-state index contributed by atoms with van der Waals surface area (Å²) in [6.45, 7) is 6.49. The number of hydrogen-bond donors (Lipinski definition) is 1. The molecule has 0 radical (unpaired) electrons. The van der Waals surface area contributed by atoms with Crippen LogP contribution in [0.25, 0.3) is 0 Å². The van der Waals surface area contributed by atoms with Crippen LogP contribution in [0.3, 0.4) is 0 Å². The number of nitrogens with one attached hydrogen (secondary N) is 1. The van der Waals surface area contributed by atoms with Gasteiger partial charge in [0.2, 0.25) is 5.91 Å². The lowest BCUT2D eigenvalue weighted by atomic mass is 9.87. The molecule has 0 aliphatic heterocycles. The Morgan fingerprint density at radius 2 is 1.84 bits per heavy atom. The van der Waals surface area contributed by atoms with Crippen molar-refractivity contribution in [2.45, 2.75) is 58.9 Å². The van der Waals surface area contributed by atoms with E-state index in [1.54, 1.807) is 0 Å². The van der Waals surface area contributed by atoms with Crippen molar-refractivity contribution in [3.05, 3.63) is 34.9 Å². The van der Waals surface area contributed by atoms with Crippen LogP contribution >= 0.6 is 0 Å². The van der Waals surface area contributed by atoms with E-state index < -0.39 is 0 Å². The molecular formula is C17H25NO. The van der Waals surface area contributed by atoms with Gasteiger partial charge in [-0.1, -0.05) is 25.1 Å². The predicted octanol–water partition coefficient (Wildman–Crippen LogP) is 3.54. The van der Waals surface area contributed by atoms with E-state index >= 15 is 0 Å². The first-order valence-corrected chi connectivity index (χ1v) is 7.40. The standard InChI is InChI=1S/C17H25NO/c1-12-4-8-16(9-5-12)18-17(19)11-15-7-6-13(2)14(3)10-15/h6-7,10,12,16H,4-5,8-9,11H2,1-3H3,(H,18,19). The van der Waals surface area contributed by atoms with Gasteiger partial charge in [-0.25, -0.2) is 0 Å². The number of rotatable bonds is 3. The summed E-state index contributed by atoms with van der Waals surface area (Å²) in [7, 11) is 0. The summed E-state index contributed by atoms with van der Waals surface area (Å²) < 4.78 is 0. The van der Waals surface area contributed by atoms with Crippen LogP contribution in [0.5, 0.6) is 0 Å². The fraction of sp³-hybridized carbons (Fsp3) is 0.588. The molecule has 1 amide bonds. The molecule has 19 heavy (non-hydrogen) atoms. The average Bonchev–Trinajstić information content (AvgIpc) is 2.37. The predicted molar refractivity (Wildman–Crippen MR) is 79.2 cm³/mol. The molecule has 0 saturated heterocycles. The zero-order valence-corrected chi connectivity index (χ0v) is 12.3. The molecule has 1 saturated carbocycles. The highest BCUT2D eigenvalue weighted by Crippen LogP contribution is 2.23. The Kier molecular flexibility index (Phi) is 4.62. The first kappa shape index (κ1) is 14.1. The number of hydrogen-bond acceptors (Lipinski definition) is 1. The van der Waals surface area contributed by atoms with Crippen molar-refractivity contribution in [2.24, 2.45) is 5.92 Å². The summed E-state index contributed by atoms with van der Waals surface area (Å²) in [6.07, 6.45) is 5.27. The molecule has 2 nitrogen and oxygen atoms in total. The third kappa shape index (κ3) is 4.09. The van der Waals surface area contributed by atoms with Crippen molar-refractivity contribution in [2.75, 3.05) is 0 Å². The van der Waals surface area contributed by atoms with Crippen LogP contribution in [0.15, 0.2) is 18.2 Å².